The number of nitrogens with zero attached hydrogens (tertiary/aromatic N) is 1. The smallest absolute Gasteiger partial charge is 0.0937 e. The van der Waals surface area contributed by atoms with Crippen molar-refractivity contribution in [2.45, 2.75) is 32.7 Å². The van der Waals surface area contributed by atoms with E-state index in [4.69, 9.17) is 4.74 Å². The highest BCUT2D eigenvalue weighted by molar-refractivity contribution is 7.09. The lowest BCUT2D eigenvalue weighted by Crippen LogP contribution is -2.36. The molecule has 0 aliphatic carbocycles. The van der Waals surface area contributed by atoms with Gasteiger partial charge in [0.15, 0.2) is 0 Å². The van der Waals surface area contributed by atoms with Crippen LogP contribution in [0.4, 0.5) is 0 Å². The fraction of sp³-hybridized carbons (Fsp3) is 0.750. The molecule has 0 saturated carbocycles. The van der Waals surface area contributed by atoms with Crippen LogP contribution in [0.25, 0.3) is 0 Å². The van der Waals surface area contributed by atoms with Crippen LogP contribution in [0, 0.1) is 5.92 Å². The standard InChI is InChI=1S/C12H22N2OS/c1-10(2)11(5-8-15-3)13-6-4-12-14-7-9-16-12/h7,9-11,13H,4-6,8H2,1-3H3. The van der Waals surface area contributed by atoms with Crippen LogP contribution in [0.5, 0.6) is 0 Å². The van der Waals surface area contributed by atoms with Crippen molar-refractivity contribution in [2.24, 2.45) is 5.92 Å². The molecule has 0 radical (unpaired) electrons. The van der Waals surface area contributed by atoms with E-state index >= 15 is 0 Å². The topological polar surface area (TPSA) is 34.1 Å². The van der Waals surface area contributed by atoms with E-state index in [1.54, 1.807) is 18.4 Å². The molecular weight excluding hydrogens is 220 g/mol. The van der Waals surface area contributed by atoms with E-state index in [-0.39, 0.29) is 0 Å². The van der Waals surface area contributed by atoms with E-state index in [1.807, 2.05) is 11.6 Å². The molecule has 1 heterocycles. The van der Waals surface area contributed by atoms with Gasteiger partial charge in [-0.3, -0.25) is 0 Å². The number of ether oxygens (including phenoxy) is 1. The summed E-state index contributed by atoms with van der Waals surface area (Å²) in [5, 5.41) is 6.82. The first kappa shape index (κ1) is 13.6. The zero-order valence-corrected chi connectivity index (χ0v) is 11.2. The fourth-order valence-electron chi connectivity index (χ4n) is 1.66. The van der Waals surface area contributed by atoms with Crippen LogP contribution in [-0.2, 0) is 11.2 Å². The number of rotatable bonds is 8. The van der Waals surface area contributed by atoms with Crippen molar-refractivity contribution in [2.75, 3.05) is 20.3 Å². The van der Waals surface area contributed by atoms with Crippen molar-refractivity contribution >= 4 is 11.3 Å². The molecule has 1 N–H and O–H groups in total. The largest absolute Gasteiger partial charge is 0.385 e. The van der Waals surface area contributed by atoms with Crippen molar-refractivity contribution in [3.63, 3.8) is 0 Å². The van der Waals surface area contributed by atoms with Crippen molar-refractivity contribution in [1.82, 2.24) is 10.3 Å². The van der Waals surface area contributed by atoms with E-state index in [0.29, 0.717) is 12.0 Å². The number of nitrogens with one attached hydrogen (secondary N) is 1. The van der Waals surface area contributed by atoms with Crippen LogP contribution < -0.4 is 5.32 Å². The van der Waals surface area contributed by atoms with Gasteiger partial charge < -0.3 is 10.1 Å². The SMILES string of the molecule is COCCC(NCCc1nccs1)C(C)C. The Bertz CT molecular complexity index is 262. The van der Waals surface area contributed by atoms with E-state index in [1.165, 1.54) is 5.01 Å². The zero-order chi connectivity index (χ0) is 11.8. The van der Waals surface area contributed by atoms with Gasteiger partial charge >= 0.3 is 0 Å². The van der Waals surface area contributed by atoms with Gasteiger partial charge in [-0.1, -0.05) is 13.8 Å². The summed E-state index contributed by atoms with van der Waals surface area (Å²) in [5.74, 6) is 0.645. The van der Waals surface area contributed by atoms with Crippen LogP contribution in [0.2, 0.25) is 0 Å². The lowest BCUT2D eigenvalue weighted by molar-refractivity contribution is 0.174. The number of aromatic nitrogens is 1. The molecule has 0 amide bonds. The van der Waals surface area contributed by atoms with Crippen molar-refractivity contribution in [3.05, 3.63) is 16.6 Å². The second-order valence-electron chi connectivity index (χ2n) is 4.26. The molecule has 0 aromatic carbocycles. The Balaban J connectivity index is 2.21. The van der Waals surface area contributed by atoms with E-state index in [0.717, 1.165) is 26.0 Å². The average molecular weight is 242 g/mol. The maximum atomic E-state index is 5.12. The van der Waals surface area contributed by atoms with Gasteiger partial charge in [0.1, 0.15) is 0 Å². The number of methoxy groups -OCH3 is 1. The first-order valence-corrected chi connectivity index (χ1v) is 6.72. The minimum Gasteiger partial charge on any atom is -0.385 e. The van der Waals surface area contributed by atoms with E-state index in [2.05, 4.69) is 24.1 Å². The maximum absolute atomic E-state index is 5.12. The second kappa shape index (κ2) is 7.76. The molecule has 16 heavy (non-hydrogen) atoms. The predicted octanol–water partition coefficient (Wildman–Crippen LogP) is 2.34. The summed E-state index contributed by atoms with van der Waals surface area (Å²) in [5.41, 5.74) is 0. The van der Waals surface area contributed by atoms with Crippen LogP contribution in [-0.4, -0.2) is 31.3 Å². The van der Waals surface area contributed by atoms with Gasteiger partial charge in [-0.05, 0) is 12.3 Å². The van der Waals surface area contributed by atoms with Gasteiger partial charge in [0, 0.05) is 44.3 Å². The van der Waals surface area contributed by atoms with Gasteiger partial charge in [0.05, 0.1) is 5.01 Å². The van der Waals surface area contributed by atoms with Crippen LogP contribution in [0.1, 0.15) is 25.3 Å². The van der Waals surface area contributed by atoms with Crippen molar-refractivity contribution in [3.8, 4) is 0 Å². The molecule has 0 spiro atoms. The highest BCUT2D eigenvalue weighted by atomic mass is 32.1. The minimum atomic E-state index is 0.542. The third-order valence-electron chi connectivity index (χ3n) is 2.67. The molecule has 0 bridgehead atoms. The predicted molar refractivity (Wildman–Crippen MR) is 68.9 cm³/mol. The molecule has 0 saturated heterocycles. The third kappa shape index (κ3) is 5.05. The Morgan fingerprint density at radius 1 is 1.50 bits per heavy atom. The number of hydrogen-bond donors (Lipinski definition) is 1. The summed E-state index contributed by atoms with van der Waals surface area (Å²) in [7, 11) is 1.76. The number of thiazole rings is 1. The first-order chi connectivity index (χ1) is 7.74. The Morgan fingerprint density at radius 3 is 2.88 bits per heavy atom. The van der Waals surface area contributed by atoms with E-state index < -0.39 is 0 Å². The molecular formula is C12H22N2OS. The molecule has 0 aliphatic rings. The van der Waals surface area contributed by atoms with Gasteiger partial charge in [-0.2, -0.15) is 0 Å². The van der Waals surface area contributed by atoms with Crippen LogP contribution in [0.15, 0.2) is 11.6 Å². The Labute approximate surface area is 102 Å². The molecule has 4 heteroatoms. The van der Waals surface area contributed by atoms with Gasteiger partial charge in [-0.15, -0.1) is 11.3 Å². The molecule has 0 aliphatic heterocycles. The lowest BCUT2D eigenvalue weighted by Gasteiger charge is -2.21. The van der Waals surface area contributed by atoms with Crippen LogP contribution >= 0.6 is 11.3 Å². The third-order valence-corrected chi connectivity index (χ3v) is 3.51. The highest BCUT2D eigenvalue weighted by Gasteiger charge is 2.11. The lowest BCUT2D eigenvalue weighted by atomic mass is 10.0. The summed E-state index contributed by atoms with van der Waals surface area (Å²) < 4.78 is 5.12. The molecule has 0 fully saturated rings. The second-order valence-corrected chi connectivity index (χ2v) is 5.24. The van der Waals surface area contributed by atoms with Crippen molar-refractivity contribution in [1.29, 1.82) is 0 Å². The first-order valence-electron chi connectivity index (χ1n) is 5.84. The summed E-state index contributed by atoms with van der Waals surface area (Å²) in [6.45, 7) is 6.32. The quantitative estimate of drug-likeness (QED) is 0.760. The molecule has 1 aromatic heterocycles. The molecule has 3 nitrogen and oxygen atoms in total. The molecule has 1 unspecified atom stereocenters. The normalized spacial score (nSPS) is 13.2. The molecule has 92 valence electrons. The number of hydrogen-bond acceptors (Lipinski definition) is 4. The van der Waals surface area contributed by atoms with Crippen LogP contribution in [0.3, 0.4) is 0 Å². The zero-order valence-electron chi connectivity index (χ0n) is 10.4. The Morgan fingerprint density at radius 2 is 2.31 bits per heavy atom. The molecule has 1 aromatic rings. The Hall–Kier alpha value is -0.450. The van der Waals surface area contributed by atoms with Gasteiger partial charge in [0.25, 0.3) is 0 Å². The summed E-state index contributed by atoms with van der Waals surface area (Å²) in [6, 6.07) is 0.542. The summed E-state index contributed by atoms with van der Waals surface area (Å²) in [4.78, 5) is 4.27. The van der Waals surface area contributed by atoms with Gasteiger partial charge in [0.2, 0.25) is 0 Å². The van der Waals surface area contributed by atoms with E-state index in [9.17, 15) is 0 Å². The fourth-order valence-corrected chi connectivity index (χ4v) is 2.28. The maximum Gasteiger partial charge on any atom is 0.0937 e. The minimum absolute atomic E-state index is 0.542. The molecule has 1 rings (SSSR count). The Kier molecular flexibility index (Phi) is 6.61. The summed E-state index contributed by atoms with van der Waals surface area (Å²) in [6.07, 6.45) is 3.96. The molecule has 1 atom stereocenters. The highest BCUT2D eigenvalue weighted by Crippen LogP contribution is 2.08. The summed E-state index contributed by atoms with van der Waals surface area (Å²) >= 11 is 1.73. The average Bonchev–Trinajstić information content (AvgIpc) is 2.75. The van der Waals surface area contributed by atoms with Crippen molar-refractivity contribution < 1.29 is 4.74 Å². The monoisotopic (exact) mass is 242 g/mol. The van der Waals surface area contributed by atoms with Gasteiger partial charge in [-0.25, -0.2) is 4.98 Å².